The zero-order valence-corrected chi connectivity index (χ0v) is 11.2. The van der Waals surface area contributed by atoms with E-state index in [0.717, 1.165) is 24.5 Å². The van der Waals surface area contributed by atoms with Crippen molar-refractivity contribution in [2.24, 2.45) is 5.92 Å². The summed E-state index contributed by atoms with van der Waals surface area (Å²) in [5, 5.41) is 0. The molecule has 1 nitrogen and oxygen atoms in total. The van der Waals surface area contributed by atoms with Crippen molar-refractivity contribution >= 4 is 12.6 Å². The Labute approximate surface area is 105 Å². The van der Waals surface area contributed by atoms with Crippen molar-refractivity contribution in [2.45, 2.75) is 33.1 Å². The molecule has 0 saturated heterocycles. The highest BCUT2D eigenvalue weighted by Gasteiger charge is 2.06. The van der Waals surface area contributed by atoms with Gasteiger partial charge in [0.15, 0.2) is 0 Å². The maximum absolute atomic E-state index is 5.81. The monoisotopic (exact) mass is 238 g/mol. The van der Waals surface area contributed by atoms with E-state index in [1.54, 1.807) is 0 Å². The van der Waals surface area contributed by atoms with Crippen LogP contribution in [0.15, 0.2) is 24.3 Å². The molecule has 0 aliphatic heterocycles. The Morgan fingerprint density at radius 1 is 1.31 bits per heavy atom. The van der Waals surface area contributed by atoms with Crippen molar-refractivity contribution in [3.05, 3.63) is 29.8 Å². The number of hydrogen-bond donors (Lipinski definition) is 1. The van der Waals surface area contributed by atoms with E-state index in [-0.39, 0.29) is 0 Å². The van der Waals surface area contributed by atoms with Crippen LogP contribution in [0.4, 0.5) is 0 Å². The van der Waals surface area contributed by atoms with E-state index in [9.17, 15) is 0 Å². The second kappa shape index (κ2) is 7.61. The lowest BCUT2D eigenvalue weighted by Crippen LogP contribution is -2.13. The second-order valence-electron chi connectivity index (χ2n) is 4.15. The quantitative estimate of drug-likeness (QED) is 0.707. The molecular formula is C14H22OS. The molecule has 1 aromatic carbocycles. The molecule has 1 aromatic rings. The number of thiol groups is 1. The average molecular weight is 238 g/mol. The van der Waals surface area contributed by atoms with Crippen LogP contribution in [0.2, 0.25) is 0 Å². The third-order valence-electron chi connectivity index (χ3n) is 2.75. The molecule has 0 aliphatic carbocycles. The number of aryl methyl sites for hydroxylation is 1. The molecule has 0 heterocycles. The van der Waals surface area contributed by atoms with Gasteiger partial charge in [0.05, 0.1) is 6.61 Å². The van der Waals surface area contributed by atoms with Crippen LogP contribution in [0.5, 0.6) is 5.75 Å². The molecule has 1 unspecified atom stereocenters. The van der Waals surface area contributed by atoms with Gasteiger partial charge in [0, 0.05) is 5.92 Å². The zero-order chi connectivity index (χ0) is 11.8. The average Bonchev–Trinajstić information content (AvgIpc) is 2.34. The molecule has 0 N–H and O–H groups in total. The summed E-state index contributed by atoms with van der Waals surface area (Å²) in [4.78, 5) is 0. The van der Waals surface area contributed by atoms with E-state index in [1.807, 2.05) is 6.07 Å². The van der Waals surface area contributed by atoms with Gasteiger partial charge in [0.1, 0.15) is 5.75 Å². The molecule has 16 heavy (non-hydrogen) atoms. The predicted octanol–water partition coefficient (Wildman–Crippen LogP) is 3.97. The number of ether oxygens (including phenoxy) is 1. The van der Waals surface area contributed by atoms with Gasteiger partial charge in [-0.25, -0.2) is 0 Å². The van der Waals surface area contributed by atoms with Crippen molar-refractivity contribution in [3.8, 4) is 5.75 Å². The van der Waals surface area contributed by atoms with Crippen molar-refractivity contribution < 1.29 is 4.74 Å². The maximum Gasteiger partial charge on any atom is 0.119 e. The number of rotatable bonds is 7. The van der Waals surface area contributed by atoms with Gasteiger partial charge in [-0.05, 0) is 36.3 Å². The molecule has 0 bridgehead atoms. The molecule has 1 atom stereocenters. The summed E-state index contributed by atoms with van der Waals surface area (Å²) < 4.78 is 5.81. The first-order valence-electron chi connectivity index (χ1n) is 6.12. The summed E-state index contributed by atoms with van der Waals surface area (Å²) in [6.07, 6.45) is 3.45. The van der Waals surface area contributed by atoms with Gasteiger partial charge in [0.2, 0.25) is 0 Å². The van der Waals surface area contributed by atoms with E-state index in [4.69, 9.17) is 4.74 Å². The molecule has 1 rings (SSSR count). The minimum atomic E-state index is 0.568. The number of benzene rings is 1. The summed E-state index contributed by atoms with van der Waals surface area (Å²) in [6.45, 7) is 5.14. The Morgan fingerprint density at radius 2 is 2.12 bits per heavy atom. The van der Waals surface area contributed by atoms with E-state index in [0.29, 0.717) is 5.92 Å². The summed E-state index contributed by atoms with van der Waals surface area (Å²) >= 11 is 4.35. The molecule has 0 saturated carbocycles. The molecule has 2 heteroatoms. The van der Waals surface area contributed by atoms with E-state index in [1.165, 1.54) is 18.4 Å². The lowest BCUT2D eigenvalue weighted by molar-refractivity contribution is 0.254. The Balaban J connectivity index is 2.46. The topological polar surface area (TPSA) is 9.23 Å². The SMILES string of the molecule is CCCC(CS)COc1cccc(CC)c1. The van der Waals surface area contributed by atoms with E-state index in [2.05, 4.69) is 44.7 Å². The Bertz CT molecular complexity index is 299. The van der Waals surface area contributed by atoms with E-state index < -0.39 is 0 Å². The van der Waals surface area contributed by atoms with Gasteiger partial charge in [-0.15, -0.1) is 0 Å². The van der Waals surface area contributed by atoms with Crippen molar-refractivity contribution in [1.82, 2.24) is 0 Å². The normalized spacial score (nSPS) is 12.4. The first-order valence-corrected chi connectivity index (χ1v) is 6.76. The first-order chi connectivity index (χ1) is 7.80. The van der Waals surface area contributed by atoms with Gasteiger partial charge in [0.25, 0.3) is 0 Å². The van der Waals surface area contributed by atoms with Gasteiger partial charge in [-0.3, -0.25) is 0 Å². The highest BCUT2D eigenvalue weighted by Crippen LogP contribution is 2.16. The molecule has 0 aliphatic rings. The molecule has 90 valence electrons. The van der Waals surface area contributed by atoms with Gasteiger partial charge < -0.3 is 4.74 Å². The zero-order valence-electron chi connectivity index (χ0n) is 10.3. The molecule has 0 radical (unpaired) electrons. The molecule has 0 fully saturated rings. The van der Waals surface area contributed by atoms with Crippen LogP contribution < -0.4 is 4.74 Å². The lowest BCUT2D eigenvalue weighted by Gasteiger charge is -2.14. The van der Waals surface area contributed by atoms with Crippen molar-refractivity contribution in [1.29, 1.82) is 0 Å². The van der Waals surface area contributed by atoms with Crippen LogP contribution in [0.3, 0.4) is 0 Å². The molecule has 0 spiro atoms. The van der Waals surface area contributed by atoms with Crippen LogP contribution in [0.1, 0.15) is 32.3 Å². The third kappa shape index (κ3) is 4.48. The Hall–Kier alpha value is -0.630. The highest BCUT2D eigenvalue weighted by atomic mass is 32.1. The predicted molar refractivity (Wildman–Crippen MR) is 73.6 cm³/mol. The Kier molecular flexibility index (Phi) is 6.39. The van der Waals surface area contributed by atoms with Crippen LogP contribution >= 0.6 is 12.6 Å². The minimum absolute atomic E-state index is 0.568. The van der Waals surface area contributed by atoms with Crippen molar-refractivity contribution in [3.63, 3.8) is 0 Å². The molecule has 0 aromatic heterocycles. The third-order valence-corrected chi connectivity index (χ3v) is 3.26. The molecular weight excluding hydrogens is 216 g/mol. The van der Waals surface area contributed by atoms with Crippen LogP contribution in [0.25, 0.3) is 0 Å². The summed E-state index contributed by atoms with van der Waals surface area (Å²) in [6, 6.07) is 8.35. The van der Waals surface area contributed by atoms with Gasteiger partial charge in [-0.2, -0.15) is 12.6 Å². The fourth-order valence-electron chi connectivity index (χ4n) is 1.70. The lowest BCUT2D eigenvalue weighted by atomic mass is 10.1. The molecule has 0 amide bonds. The number of hydrogen-bond acceptors (Lipinski definition) is 2. The smallest absolute Gasteiger partial charge is 0.119 e. The van der Waals surface area contributed by atoms with Crippen LogP contribution in [0, 0.1) is 5.92 Å². The summed E-state index contributed by atoms with van der Waals surface area (Å²) in [5.41, 5.74) is 1.33. The fourth-order valence-corrected chi connectivity index (χ4v) is 1.99. The summed E-state index contributed by atoms with van der Waals surface area (Å²) in [7, 11) is 0. The van der Waals surface area contributed by atoms with Crippen LogP contribution in [-0.2, 0) is 6.42 Å². The fraction of sp³-hybridized carbons (Fsp3) is 0.571. The van der Waals surface area contributed by atoms with Gasteiger partial charge >= 0.3 is 0 Å². The first kappa shape index (κ1) is 13.4. The van der Waals surface area contributed by atoms with Crippen molar-refractivity contribution in [2.75, 3.05) is 12.4 Å². The standard InChI is InChI=1S/C14H22OS/c1-3-6-13(11-16)10-15-14-8-5-7-12(4-2)9-14/h5,7-9,13,16H,3-4,6,10-11H2,1-2H3. The highest BCUT2D eigenvalue weighted by molar-refractivity contribution is 7.80. The second-order valence-corrected chi connectivity index (χ2v) is 4.51. The Morgan fingerprint density at radius 3 is 2.75 bits per heavy atom. The summed E-state index contributed by atoms with van der Waals surface area (Å²) in [5.74, 6) is 2.46. The van der Waals surface area contributed by atoms with Gasteiger partial charge in [-0.1, -0.05) is 32.4 Å². The maximum atomic E-state index is 5.81. The minimum Gasteiger partial charge on any atom is -0.493 e. The van der Waals surface area contributed by atoms with E-state index >= 15 is 0 Å². The largest absolute Gasteiger partial charge is 0.493 e. The van der Waals surface area contributed by atoms with Crippen LogP contribution in [-0.4, -0.2) is 12.4 Å².